The van der Waals surface area contributed by atoms with Crippen LogP contribution >= 0.6 is 11.3 Å². The summed E-state index contributed by atoms with van der Waals surface area (Å²) in [6.45, 7) is 6.09. The van der Waals surface area contributed by atoms with Gasteiger partial charge in [0.05, 0.1) is 22.4 Å². The number of nitrogens with zero attached hydrogens (tertiary/aromatic N) is 1. The number of benzene rings is 2. The van der Waals surface area contributed by atoms with Crippen LogP contribution in [0, 0.1) is 5.92 Å². The molecule has 0 bridgehead atoms. The van der Waals surface area contributed by atoms with Crippen LogP contribution in [-0.2, 0) is 4.79 Å². The summed E-state index contributed by atoms with van der Waals surface area (Å²) in [5, 5.41) is 6.18. The lowest BCUT2D eigenvalue weighted by molar-refractivity contribution is -0.118. The van der Waals surface area contributed by atoms with Gasteiger partial charge in [0.25, 0.3) is 5.91 Å². The molecule has 2 amide bonds. The molecule has 0 aliphatic rings. The second-order valence-corrected chi connectivity index (χ2v) is 7.63. The number of hydrogen-bond donors (Lipinski definition) is 2. The van der Waals surface area contributed by atoms with Crippen molar-refractivity contribution >= 4 is 38.5 Å². The van der Waals surface area contributed by atoms with E-state index in [2.05, 4.69) is 15.6 Å². The van der Waals surface area contributed by atoms with Crippen molar-refractivity contribution in [1.82, 2.24) is 10.3 Å². The standard InChI is InChI=1S/C21H23N3O3S/c1-4-27-16-11-7-5-9-14(16)19(25)23-18(13(2)3)20(26)24-21-22-15-10-6-8-12-17(15)28-21/h5-13,18H,4H2,1-3H3,(H,23,25)(H,22,24,26)/t18-/m0/s1. The number of anilines is 1. The van der Waals surface area contributed by atoms with Crippen molar-refractivity contribution in [2.45, 2.75) is 26.8 Å². The van der Waals surface area contributed by atoms with E-state index in [9.17, 15) is 9.59 Å². The van der Waals surface area contributed by atoms with E-state index in [4.69, 9.17) is 4.74 Å². The number of hydrogen-bond acceptors (Lipinski definition) is 5. The Kier molecular flexibility index (Phi) is 6.26. The van der Waals surface area contributed by atoms with Gasteiger partial charge in [-0.2, -0.15) is 0 Å². The highest BCUT2D eigenvalue weighted by Gasteiger charge is 2.26. The smallest absolute Gasteiger partial charge is 0.255 e. The van der Waals surface area contributed by atoms with Crippen LogP contribution in [0.4, 0.5) is 5.13 Å². The number of amides is 2. The van der Waals surface area contributed by atoms with Gasteiger partial charge in [-0.25, -0.2) is 4.98 Å². The Morgan fingerprint density at radius 3 is 2.54 bits per heavy atom. The number of thiazole rings is 1. The second-order valence-electron chi connectivity index (χ2n) is 6.60. The van der Waals surface area contributed by atoms with Crippen molar-refractivity contribution in [2.75, 3.05) is 11.9 Å². The zero-order valence-corrected chi connectivity index (χ0v) is 16.9. The summed E-state index contributed by atoms with van der Waals surface area (Å²) < 4.78 is 6.51. The minimum absolute atomic E-state index is 0.0995. The quantitative estimate of drug-likeness (QED) is 0.629. The first kappa shape index (κ1) is 19.8. The molecule has 28 heavy (non-hydrogen) atoms. The lowest BCUT2D eigenvalue weighted by atomic mass is 10.0. The van der Waals surface area contributed by atoms with Crippen molar-refractivity contribution in [3.63, 3.8) is 0 Å². The molecule has 0 spiro atoms. The van der Waals surface area contributed by atoms with E-state index in [1.165, 1.54) is 11.3 Å². The number of rotatable bonds is 7. The lowest BCUT2D eigenvalue weighted by Crippen LogP contribution is -2.47. The van der Waals surface area contributed by atoms with Crippen molar-refractivity contribution in [3.8, 4) is 5.75 Å². The third-order valence-corrected chi connectivity index (χ3v) is 5.14. The normalized spacial score (nSPS) is 12.0. The minimum Gasteiger partial charge on any atom is -0.493 e. The highest BCUT2D eigenvalue weighted by molar-refractivity contribution is 7.22. The first-order valence-electron chi connectivity index (χ1n) is 9.18. The molecule has 0 saturated carbocycles. The van der Waals surface area contributed by atoms with Gasteiger partial charge in [0.2, 0.25) is 5.91 Å². The summed E-state index contributed by atoms with van der Waals surface area (Å²) >= 11 is 1.40. The molecule has 0 radical (unpaired) electrons. The van der Waals surface area contributed by atoms with Gasteiger partial charge in [-0.3, -0.25) is 9.59 Å². The molecule has 0 unspecified atom stereocenters. The van der Waals surface area contributed by atoms with Crippen molar-refractivity contribution < 1.29 is 14.3 Å². The Morgan fingerprint density at radius 2 is 1.82 bits per heavy atom. The molecule has 2 N–H and O–H groups in total. The molecule has 7 heteroatoms. The van der Waals surface area contributed by atoms with Crippen molar-refractivity contribution in [2.24, 2.45) is 5.92 Å². The number of nitrogens with one attached hydrogen (secondary N) is 2. The number of fused-ring (bicyclic) bond motifs is 1. The Bertz CT molecular complexity index is 951. The summed E-state index contributed by atoms with van der Waals surface area (Å²) in [7, 11) is 0. The van der Waals surface area contributed by atoms with Gasteiger partial charge in [-0.05, 0) is 37.1 Å². The van der Waals surface area contributed by atoms with E-state index >= 15 is 0 Å². The minimum atomic E-state index is -0.700. The maximum atomic E-state index is 12.8. The van der Waals surface area contributed by atoms with E-state index in [1.807, 2.05) is 51.1 Å². The second kappa shape index (κ2) is 8.84. The molecule has 3 aromatic rings. The van der Waals surface area contributed by atoms with Crippen LogP contribution in [-0.4, -0.2) is 29.4 Å². The topological polar surface area (TPSA) is 80.3 Å². The van der Waals surface area contributed by atoms with E-state index in [1.54, 1.807) is 18.2 Å². The van der Waals surface area contributed by atoms with Crippen molar-refractivity contribution in [1.29, 1.82) is 0 Å². The Balaban J connectivity index is 1.75. The average Bonchev–Trinajstić information content (AvgIpc) is 3.08. The lowest BCUT2D eigenvalue weighted by Gasteiger charge is -2.21. The summed E-state index contributed by atoms with van der Waals surface area (Å²) in [6, 6.07) is 14.0. The summed E-state index contributed by atoms with van der Waals surface area (Å²) in [5.74, 6) is -0.243. The molecule has 1 atom stereocenters. The third-order valence-electron chi connectivity index (χ3n) is 4.19. The van der Waals surface area contributed by atoms with Gasteiger partial charge in [0, 0.05) is 0 Å². The molecule has 146 valence electrons. The van der Waals surface area contributed by atoms with Crippen LogP contribution in [0.2, 0.25) is 0 Å². The fourth-order valence-electron chi connectivity index (χ4n) is 2.80. The van der Waals surface area contributed by atoms with Gasteiger partial charge in [0.15, 0.2) is 5.13 Å². The Labute approximate surface area is 167 Å². The summed E-state index contributed by atoms with van der Waals surface area (Å²) in [4.78, 5) is 30.0. The molecule has 1 heterocycles. The van der Waals surface area contributed by atoms with Gasteiger partial charge < -0.3 is 15.4 Å². The first-order valence-corrected chi connectivity index (χ1v) is 10.0. The molecule has 6 nitrogen and oxygen atoms in total. The molecule has 0 saturated heterocycles. The maximum Gasteiger partial charge on any atom is 0.255 e. The molecule has 0 fully saturated rings. The van der Waals surface area contributed by atoms with Gasteiger partial charge >= 0.3 is 0 Å². The van der Waals surface area contributed by atoms with Gasteiger partial charge in [0.1, 0.15) is 11.8 Å². The van der Waals surface area contributed by atoms with Crippen LogP contribution < -0.4 is 15.4 Å². The molecule has 1 aromatic heterocycles. The maximum absolute atomic E-state index is 12.8. The number of carbonyl (C=O) groups excluding carboxylic acids is 2. The third kappa shape index (κ3) is 4.48. The van der Waals surface area contributed by atoms with E-state index in [-0.39, 0.29) is 17.7 Å². The van der Waals surface area contributed by atoms with Crippen LogP contribution in [0.1, 0.15) is 31.1 Å². The van der Waals surface area contributed by atoms with E-state index < -0.39 is 6.04 Å². The largest absolute Gasteiger partial charge is 0.493 e. The molecular weight excluding hydrogens is 374 g/mol. The summed E-state index contributed by atoms with van der Waals surface area (Å²) in [6.07, 6.45) is 0. The molecule has 0 aliphatic carbocycles. The monoisotopic (exact) mass is 397 g/mol. The highest BCUT2D eigenvalue weighted by atomic mass is 32.1. The predicted molar refractivity (Wildman–Crippen MR) is 112 cm³/mol. The number of carbonyl (C=O) groups is 2. The van der Waals surface area contributed by atoms with Gasteiger partial charge in [-0.1, -0.05) is 49.4 Å². The summed E-state index contributed by atoms with van der Waals surface area (Å²) in [5.41, 5.74) is 1.24. The fraction of sp³-hybridized carbons (Fsp3) is 0.286. The van der Waals surface area contributed by atoms with E-state index in [0.29, 0.717) is 23.1 Å². The number of aromatic nitrogens is 1. The molecule has 0 aliphatic heterocycles. The van der Waals surface area contributed by atoms with Crippen molar-refractivity contribution in [3.05, 3.63) is 54.1 Å². The van der Waals surface area contributed by atoms with Crippen LogP contribution in [0.5, 0.6) is 5.75 Å². The van der Waals surface area contributed by atoms with Crippen LogP contribution in [0.15, 0.2) is 48.5 Å². The number of ether oxygens (including phenoxy) is 1. The first-order chi connectivity index (χ1) is 13.5. The van der Waals surface area contributed by atoms with E-state index in [0.717, 1.165) is 10.2 Å². The van der Waals surface area contributed by atoms with Crippen LogP contribution in [0.3, 0.4) is 0 Å². The van der Waals surface area contributed by atoms with Crippen LogP contribution in [0.25, 0.3) is 10.2 Å². The molecular formula is C21H23N3O3S. The average molecular weight is 398 g/mol. The SMILES string of the molecule is CCOc1ccccc1C(=O)N[C@H](C(=O)Nc1nc2ccccc2s1)C(C)C. The fourth-order valence-corrected chi connectivity index (χ4v) is 3.67. The van der Waals surface area contributed by atoms with Gasteiger partial charge in [-0.15, -0.1) is 0 Å². The predicted octanol–water partition coefficient (Wildman–Crippen LogP) is 4.09. The zero-order chi connectivity index (χ0) is 20.1. The highest BCUT2D eigenvalue weighted by Crippen LogP contribution is 2.26. The zero-order valence-electron chi connectivity index (χ0n) is 16.1. The molecule has 3 rings (SSSR count). The Hall–Kier alpha value is -2.93. The Morgan fingerprint density at radius 1 is 1.11 bits per heavy atom. The number of para-hydroxylation sites is 2. The molecule has 2 aromatic carbocycles.